The van der Waals surface area contributed by atoms with Crippen LogP contribution in [-0.4, -0.2) is 21.9 Å². The van der Waals surface area contributed by atoms with Gasteiger partial charge in [0.05, 0.1) is 0 Å². The van der Waals surface area contributed by atoms with Crippen molar-refractivity contribution in [2.24, 2.45) is 0 Å². The second-order valence-corrected chi connectivity index (χ2v) is 6.14. The average Bonchev–Trinajstić information content (AvgIpc) is 3.04. The molecule has 1 aromatic heterocycles. The van der Waals surface area contributed by atoms with Gasteiger partial charge in [-0.15, -0.1) is 0 Å². The van der Waals surface area contributed by atoms with E-state index in [4.69, 9.17) is 0 Å². The van der Waals surface area contributed by atoms with Crippen LogP contribution in [0.3, 0.4) is 0 Å². The molecule has 0 atom stereocenters. The lowest BCUT2D eigenvalue weighted by atomic mass is 10.1. The molecule has 5 nitrogen and oxygen atoms in total. The molecular weight excluding hydrogens is 288 g/mol. The van der Waals surface area contributed by atoms with Gasteiger partial charge in [-0.3, -0.25) is 4.79 Å². The van der Waals surface area contributed by atoms with Crippen molar-refractivity contribution in [3.8, 4) is 0 Å². The van der Waals surface area contributed by atoms with Crippen molar-refractivity contribution < 1.29 is 4.79 Å². The van der Waals surface area contributed by atoms with E-state index >= 15 is 0 Å². The van der Waals surface area contributed by atoms with E-state index in [2.05, 4.69) is 34.4 Å². The van der Waals surface area contributed by atoms with Gasteiger partial charge in [0.2, 0.25) is 5.95 Å². The molecule has 1 heterocycles. The highest BCUT2D eigenvalue weighted by atomic mass is 16.1. The van der Waals surface area contributed by atoms with E-state index in [0.717, 1.165) is 18.5 Å². The summed E-state index contributed by atoms with van der Waals surface area (Å²) in [4.78, 5) is 20.8. The first-order chi connectivity index (χ1) is 11.1. The van der Waals surface area contributed by atoms with Gasteiger partial charge in [-0.05, 0) is 56.0 Å². The number of amides is 1. The minimum atomic E-state index is -0.123. The summed E-state index contributed by atoms with van der Waals surface area (Å²) >= 11 is 0. The fourth-order valence-corrected chi connectivity index (χ4v) is 2.82. The predicted molar refractivity (Wildman–Crippen MR) is 91.0 cm³/mol. The van der Waals surface area contributed by atoms with Gasteiger partial charge in [0, 0.05) is 17.9 Å². The van der Waals surface area contributed by atoms with E-state index in [0.29, 0.717) is 11.6 Å². The second-order valence-electron chi connectivity index (χ2n) is 6.14. The van der Waals surface area contributed by atoms with Crippen LogP contribution in [0.15, 0.2) is 30.5 Å². The Labute approximate surface area is 136 Å². The Kier molecular flexibility index (Phi) is 4.55. The number of aromatic nitrogens is 2. The molecule has 0 bridgehead atoms. The molecule has 1 fully saturated rings. The average molecular weight is 310 g/mol. The number of aryl methyl sites for hydroxylation is 2. The Balaban J connectivity index is 1.71. The topological polar surface area (TPSA) is 66.9 Å². The summed E-state index contributed by atoms with van der Waals surface area (Å²) in [6.07, 6.45) is 6.11. The van der Waals surface area contributed by atoms with Crippen molar-refractivity contribution in [2.75, 3.05) is 5.32 Å². The quantitative estimate of drug-likeness (QED) is 0.907. The van der Waals surface area contributed by atoms with E-state index in [1.54, 1.807) is 12.3 Å². The van der Waals surface area contributed by atoms with Crippen molar-refractivity contribution in [3.63, 3.8) is 0 Å². The van der Waals surface area contributed by atoms with E-state index < -0.39 is 0 Å². The highest BCUT2D eigenvalue weighted by molar-refractivity contribution is 5.92. The number of carbonyl (C=O) groups is 1. The van der Waals surface area contributed by atoms with Crippen molar-refractivity contribution in [3.05, 3.63) is 47.3 Å². The number of anilines is 2. The normalized spacial score (nSPS) is 14.7. The summed E-state index contributed by atoms with van der Waals surface area (Å²) in [5.41, 5.74) is 3.76. The Morgan fingerprint density at radius 3 is 2.65 bits per heavy atom. The summed E-state index contributed by atoms with van der Waals surface area (Å²) in [6, 6.07) is 8.01. The van der Waals surface area contributed by atoms with Crippen LogP contribution in [0.1, 0.15) is 47.3 Å². The molecule has 0 spiro atoms. The van der Waals surface area contributed by atoms with Crippen molar-refractivity contribution in [1.82, 2.24) is 15.3 Å². The smallest absolute Gasteiger partial charge is 0.270 e. The number of nitrogens with one attached hydrogen (secondary N) is 2. The minimum absolute atomic E-state index is 0.123. The molecule has 1 aromatic carbocycles. The van der Waals surface area contributed by atoms with Gasteiger partial charge in [0.15, 0.2) is 0 Å². The summed E-state index contributed by atoms with van der Waals surface area (Å²) in [5.74, 6) is 0.315. The van der Waals surface area contributed by atoms with Crippen LogP contribution in [0.2, 0.25) is 0 Å². The van der Waals surface area contributed by atoms with Crippen molar-refractivity contribution in [1.29, 1.82) is 0 Å². The molecule has 2 aromatic rings. The second kappa shape index (κ2) is 6.77. The van der Waals surface area contributed by atoms with Crippen LogP contribution in [0.4, 0.5) is 11.6 Å². The van der Waals surface area contributed by atoms with E-state index in [1.807, 2.05) is 18.2 Å². The van der Waals surface area contributed by atoms with Gasteiger partial charge in [-0.1, -0.05) is 18.9 Å². The van der Waals surface area contributed by atoms with Crippen LogP contribution in [0.5, 0.6) is 0 Å². The summed E-state index contributed by atoms with van der Waals surface area (Å²) in [5, 5.41) is 6.20. The number of hydrogen-bond donors (Lipinski definition) is 2. The Morgan fingerprint density at radius 1 is 1.13 bits per heavy atom. The fourth-order valence-electron chi connectivity index (χ4n) is 2.82. The van der Waals surface area contributed by atoms with Crippen LogP contribution < -0.4 is 10.6 Å². The van der Waals surface area contributed by atoms with Gasteiger partial charge in [-0.2, -0.15) is 0 Å². The van der Waals surface area contributed by atoms with Crippen LogP contribution >= 0.6 is 0 Å². The highest BCUT2D eigenvalue weighted by Gasteiger charge is 2.18. The molecule has 2 N–H and O–H groups in total. The number of benzene rings is 1. The predicted octanol–water partition coefficient (Wildman–Crippen LogP) is 3.51. The SMILES string of the molecule is Cc1ccc(Nc2nccc(C(=O)NC3CCCC3)n2)cc1C. The van der Waals surface area contributed by atoms with E-state index in [-0.39, 0.29) is 11.9 Å². The van der Waals surface area contributed by atoms with E-state index in [1.165, 1.54) is 24.0 Å². The largest absolute Gasteiger partial charge is 0.348 e. The van der Waals surface area contributed by atoms with Gasteiger partial charge >= 0.3 is 0 Å². The van der Waals surface area contributed by atoms with Gasteiger partial charge < -0.3 is 10.6 Å². The number of nitrogens with zero attached hydrogens (tertiary/aromatic N) is 2. The Morgan fingerprint density at radius 2 is 1.91 bits per heavy atom. The van der Waals surface area contributed by atoms with Crippen molar-refractivity contribution >= 4 is 17.5 Å². The van der Waals surface area contributed by atoms with Crippen LogP contribution in [-0.2, 0) is 0 Å². The molecule has 1 saturated carbocycles. The summed E-state index contributed by atoms with van der Waals surface area (Å²) in [6.45, 7) is 4.14. The zero-order chi connectivity index (χ0) is 16.2. The van der Waals surface area contributed by atoms with Crippen LogP contribution in [0, 0.1) is 13.8 Å². The molecule has 1 amide bonds. The molecule has 23 heavy (non-hydrogen) atoms. The minimum Gasteiger partial charge on any atom is -0.348 e. The Bertz CT molecular complexity index is 708. The Hall–Kier alpha value is -2.43. The highest BCUT2D eigenvalue weighted by Crippen LogP contribution is 2.19. The first-order valence-corrected chi connectivity index (χ1v) is 8.10. The van der Waals surface area contributed by atoms with Gasteiger partial charge in [-0.25, -0.2) is 9.97 Å². The maximum Gasteiger partial charge on any atom is 0.270 e. The third-order valence-corrected chi connectivity index (χ3v) is 4.34. The lowest BCUT2D eigenvalue weighted by molar-refractivity contribution is 0.0933. The van der Waals surface area contributed by atoms with Gasteiger partial charge in [0.25, 0.3) is 5.91 Å². The third-order valence-electron chi connectivity index (χ3n) is 4.34. The molecule has 0 radical (unpaired) electrons. The fraction of sp³-hybridized carbons (Fsp3) is 0.389. The lowest BCUT2D eigenvalue weighted by Crippen LogP contribution is -2.33. The third kappa shape index (κ3) is 3.86. The number of carbonyl (C=O) groups excluding carboxylic acids is 1. The number of hydrogen-bond acceptors (Lipinski definition) is 4. The molecule has 0 aliphatic heterocycles. The molecule has 0 unspecified atom stereocenters. The molecule has 3 rings (SSSR count). The maximum atomic E-state index is 12.3. The first-order valence-electron chi connectivity index (χ1n) is 8.10. The molecule has 1 aliphatic rings. The maximum absolute atomic E-state index is 12.3. The zero-order valence-corrected chi connectivity index (χ0v) is 13.6. The van der Waals surface area contributed by atoms with Crippen LogP contribution in [0.25, 0.3) is 0 Å². The standard InChI is InChI=1S/C18H22N4O/c1-12-7-8-15(11-13(12)2)21-18-19-10-9-16(22-18)17(23)20-14-5-3-4-6-14/h7-11,14H,3-6H2,1-2H3,(H,20,23)(H,19,21,22). The zero-order valence-electron chi connectivity index (χ0n) is 13.6. The molecular formula is C18H22N4O. The molecule has 120 valence electrons. The van der Waals surface area contributed by atoms with Crippen molar-refractivity contribution in [2.45, 2.75) is 45.6 Å². The molecule has 5 heteroatoms. The van der Waals surface area contributed by atoms with Gasteiger partial charge in [0.1, 0.15) is 5.69 Å². The first kappa shape index (κ1) is 15.5. The summed E-state index contributed by atoms with van der Waals surface area (Å²) in [7, 11) is 0. The monoisotopic (exact) mass is 310 g/mol. The molecule has 0 saturated heterocycles. The summed E-state index contributed by atoms with van der Waals surface area (Å²) < 4.78 is 0. The number of rotatable bonds is 4. The lowest BCUT2D eigenvalue weighted by Gasteiger charge is -2.12. The molecule has 1 aliphatic carbocycles. The van der Waals surface area contributed by atoms with E-state index in [9.17, 15) is 4.79 Å².